The van der Waals surface area contributed by atoms with Crippen molar-refractivity contribution >= 4 is 22.7 Å². The molecule has 2 aromatic carbocycles. The summed E-state index contributed by atoms with van der Waals surface area (Å²) in [5.41, 5.74) is -0.350. The Morgan fingerprint density at radius 1 is 0.692 bits per heavy atom. The molecule has 0 spiro atoms. The van der Waals surface area contributed by atoms with Gasteiger partial charge in [-0.3, -0.25) is 0 Å². The zero-order valence-electron chi connectivity index (χ0n) is 15.3. The minimum absolute atomic E-state index is 0.161. The predicted molar refractivity (Wildman–Crippen MR) is 102 cm³/mol. The molecule has 4 N–H and O–H groups in total. The Kier molecular flexibility index (Phi) is 12.5. The highest BCUT2D eigenvalue weighted by molar-refractivity contribution is 6.11. The summed E-state index contributed by atoms with van der Waals surface area (Å²) in [7, 11) is 2.00. The van der Waals surface area contributed by atoms with Crippen LogP contribution in [0, 0.1) is 0 Å². The maximum Gasteiger partial charge on any atom is 0.337 e. The summed E-state index contributed by atoms with van der Waals surface area (Å²) in [5.74, 6) is -2.46. The minimum atomic E-state index is -1.23. The molecule has 0 aliphatic heterocycles. The number of carbonyl (C=O) groups is 2. The van der Waals surface area contributed by atoms with Crippen LogP contribution in [0.15, 0.2) is 36.4 Å². The molecule has 0 saturated heterocycles. The lowest BCUT2D eigenvalue weighted by molar-refractivity contribution is 0.0653. The van der Waals surface area contributed by atoms with E-state index >= 15 is 0 Å². The van der Waals surface area contributed by atoms with Crippen molar-refractivity contribution in [3.8, 4) is 0 Å². The smallest absolute Gasteiger partial charge is 0.337 e. The molecule has 26 heavy (non-hydrogen) atoms. The van der Waals surface area contributed by atoms with E-state index < -0.39 is 11.9 Å². The van der Waals surface area contributed by atoms with E-state index in [0.717, 1.165) is 14.2 Å². The first kappa shape index (κ1) is 23.6. The fourth-order valence-electron chi connectivity index (χ4n) is 2.74. The normalized spacial score (nSPS) is 12.3. The molecule has 144 valence electrons. The van der Waals surface area contributed by atoms with Gasteiger partial charge in [-0.05, 0) is 16.8 Å². The number of aromatic carboxylic acids is 2. The second-order valence-electron chi connectivity index (χ2n) is 5.44. The largest absolute Gasteiger partial charge is 0.478 e. The molecule has 0 aromatic heterocycles. The number of hydrogen-bond acceptors (Lipinski definition) is 4. The summed E-state index contributed by atoms with van der Waals surface area (Å²) in [6.07, 6.45) is 9.00. The summed E-state index contributed by atoms with van der Waals surface area (Å²) < 4.78 is 0. The third-order valence-electron chi connectivity index (χ3n) is 3.87. The van der Waals surface area contributed by atoms with E-state index in [4.69, 9.17) is 20.4 Å². The molecular formula is C20H28O6. The Balaban J connectivity index is 0.000000521. The van der Waals surface area contributed by atoms with Crippen molar-refractivity contribution in [3.63, 3.8) is 0 Å². The van der Waals surface area contributed by atoms with Crippen molar-refractivity contribution in [2.24, 2.45) is 0 Å². The van der Waals surface area contributed by atoms with Gasteiger partial charge < -0.3 is 20.4 Å². The number of aliphatic hydroxyl groups excluding tert-OH is 2. The van der Waals surface area contributed by atoms with E-state index in [2.05, 4.69) is 0 Å². The number of benzene rings is 2. The van der Waals surface area contributed by atoms with Gasteiger partial charge in [0.25, 0.3) is 0 Å². The molecule has 0 atom stereocenters. The minimum Gasteiger partial charge on any atom is -0.478 e. The van der Waals surface area contributed by atoms with Crippen molar-refractivity contribution in [1.29, 1.82) is 0 Å². The second kappa shape index (κ2) is 13.8. The van der Waals surface area contributed by atoms with Gasteiger partial charge in [0.1, 0.15) is 0 Å². The SMILES string of the molecule is C1CCCCC1.CO.CO.O=C(O)c1ccc2ccccc2c1C(=O)O. The lowest BCUT2D eigenvalue weighted by Crippen LogP contribution is -2.08. The van der Waals surface area contributed by atoms with Crippen molar-refractivity contribution in [3.05, 3.63) is 47.5 Å². The number of aliphatic hydroxyl groups is 2. The second-order valence-corrected chi connectivity index (χ2v) is 5.44. The number of hydrogen-bond donors (Lipinski definition) is 4. The molecular weight excluding hydrogens is 336 g/mol. The summed E-state index contributed by atoms with van der Waals surface area (Å²) in [6, 6.07) is 9.72. The molecule has 6 nitrogen and oxygen atoms in total. The molecule has 1 fully saturated rings. The van der Waals surface area contributed by atoms with Crippen LogP contribution in [0.2, 0.25) is 0 Å². The summed E-state index contributed by atoms with van der Waals surface area (Å²) in [5, 5.41) is 33.1. The highest BCUT2D eigenvalue weighted by Crippen LogP contribution is 2.22. The third-order valence-corrected chi connectivity index (χ3v) is 3.87. The third kappa shape index (κ3) is 7.21. The highest BCUT2D eigenvalue weighted by Gasteiger charge is 2.18. The van der Waals surface area contributed by atoms with Crippen LogP contribution in [0.1, 0.15) is 59.2 Å². The Bertz CT molecular complexity index is 666. The molecule has 1 aliphatic rings. The van der Waals surface area contributed by atoms with Crippen molar-refractivity contribution in [2.45, 2.75) is 38.5 Å². The van der Waals surface area contributed by atoms with Crippen molar-refractivity contribution < 1.29 is 30.0 Å². The maximum absolute atomic E-state index is 11.1. The first-order valence-electron chi connectivity index (χ1n) is 8.49. The van der Waals surface area contributed by atoms with Crippen LogP contribution in [0.3, 0.4) is 0 Å². The summed E-state index contributed by atoms with van der Waals surface area (Å²) >= 11 is 0. The van der Waals surface area contributed by atoms with Crippen molar-refractivity contribution in [2.75, 3.05) is 14.2 Å². The molecule has 1 aliphatic carbocycles. The number of rotatable bonds is 2. The standard InChI is InChI=1S/C12H8O4.C6H12.2CH4O/c13-11(14)9-6-5-7-3-1-2-4-8(7)10(9)12(15)16;1-2-4-6-5-3-1;2*1-2/h1-6H,(H,13,14)(H,15,16);1-6H2;2*2H,1H3. The highest BCUT2D eigenvalue weighted by atomic mass is 16.4. The van der Waals surface area contributed by atoms with Gasteiger partial charge in [-0.1, -0.05) is 68.9 Å². The van der Waals surface area contributed by atoms with Gasteiger partial charge in [0, 0.05) is 14.2 Å². The quantitative estimate of drug-likeness (QED) is 0.644. The van der Waals surface area contributed by atoms with E-state index in [-0.39, 0.29) is 11.1 Å². The average molecular weight is 364 g/mol. The van der Waals surface area contributed by atoms with E-state index in [1.54, 1.807) is 30.3 Å². The number of carboxylic acids is 2. The van der Waals surface area contributed by atoms with Gasteiger partial charge in [-0.2, -0.15) is 0 Å². The van der Waals surface area contributed by atoms with Gasteiger partial charge >= 0.3 is 11.9 Å². The van der Waals surface area contributed by atoms with Gasteiger partial charge in [-0.25, -0.2) is 9.59 Å². The van der Waals surface area contributed by atoms with E-state index in [0.29, 0.717) is 10.8 Å². The Morgan fingerprint density at radius 2 is 1.15 bits per heavy atom. The van der Waals surface area contributed by atoms with E-state index in [1.165, 1.54) is 44.6 Å². The molecule has 6 heteroatoms. The molecule has 0 bridgehead atoms. The zero-order chi connectivity index (χ0) is 19.9. The van der Waals surface area contributed by atoms with Gasteiger partial charge in [0.05, 0.1) is 11.1 Å². The van der Waals surface area contributed by atoms with Crippen LogP contribution in [0.4, 0.5) is 0 Å². The summed E-state index contributed by atoms with van der Waals surface area (Å²) in [4.78, 5) is 22.0. The lowest BCUT2D eigenvalue weighted by atomic mass is 9.99. The topological polar surface area (TPSA) is 115 Å². The summed E-state index contributed by atoms with van der Waals surface area (Å²) in [6.45, 7) is 0. The molecule has 3 rings (SSSR count). The van der Waals surface area contributed by atoms with Crippen LogP contribution in [-0.4, -0.2) is 46.6 Å². The van der Waals surface area contributed by atoms with Crippen LogP contribution in [-0.2, 0) is 0 Å². The monoisotopic (exact) mass is 364 g/mol. The molecule has 0 radical (unpaired) electrons. The molecule has 0 amide bonds. The first-order chi connectivity index (χ1) is 12.6. The van der Waals surface area contributed by atoms with Crippen LogP contribution in [0.5, 0.6) is 0 Å². The number of fused-ring (bicyclic) bond motifs is 1. The van der Waals surface area contributed by atoms with Crippen LogP contribution >= 0.6 is 0 Å². The average Bonchev–Trinajstić information content (AvgIpc) is 2.71. The lowest BCUT2D eigenvalue weighted by Gasteiger charge is -2.05. The Labute approximate surface area is 153 Å². The fourth-order valence-corrected chi connectivity index (χ4v) is 2.74. The van der Waals surface area contributed by atoms with Crippen molar-refractivity contribution in [1.82, 2.24) is 0 Å². The fraction of sp³-hybridized carbons (Fsp3) is 0.400. The molecule has 2 aromatic rings. The zero-order valence-corrected chi connectivity index (χ0v) is 15.3. The van der Waals surface area contributed by atoms with Gasteiger partial charge in [0.15, 0.2) is 0 Å². The molecule has 1 saturated carbocycles. The Morgan fingerprint density at radius 3 is 1.58 bits per heavy atom. The van der Waals surface area contributed by atoms with Gasteiger partial charge in [-0.15, -0.1) is 0 Å². The first-order valence-corrected chi connectivity index (χ1v) is 8.49. The predicted octanol–water partition coefficient (Wildman–Crippen LogP) is 3.79. The molecule has 0 heterocycles. The maximum atomic E-state index is 11.1. The Hall–Kier alpha value is -2.44. The van der Waals surface area contributed by atoms with Gasteiger partial charge in [0.2, 0.25) is 0 Å². The van der Waals surface area contributed by atoms with E-state index in [9.17, 15) is 9.59 Å². The molecule has 0 unspecified atom stereocenters. The van der Waals surface area contributed by atoms with E-state index in [1.807, 2.05) is 0 Å². The van der Waals surface area contributed by atoms with Crippen LogP contribution in [0.25, 0.3) is 10.8 Å². The van der Waals surface area contributed by atoms with Crippen LogP contribution < -0.4 is 0 Å². The number of carboxylic acid groups (broad SMARTS) is 2.